The fourth-order valence-corrected chi connectivity index (χ4v) is 2.88. The molecule has 0 saturated carbocycles. The van der Waals surface area contributed by atoms with E-state index in [2.05, 4.69) is 15.8 Å². The minimum atomic E-state index is -0.769. The molecule has 0 radical (unpaired) electrons. The Morgan fingerprint density at radius 3 is 2.37 bits per heavy atom. The third kappa shape index (κ3) is 6.24. The highest BCUT2D eigenvalue weighted by atomic mass is 35.5. The molecular formula is C19H18Cl3N3O2. The molecule has 27 heavy (non-hydrogen) atoms. The van der Waals surface area contributed by atoms with Crippen LogP contribution in [-0.2, 0) is 4.79 Å². The molecule has 142 valence electrons. The Balaban J connectivity index is 2.04. The number of hydrazone groups is 1. The van der Waals surface area contributed by atoms with E-state index in [-0.39, 0.29) is 5.92 Å². The number of carbonyl (C=O) groups is 2. The summed E-state index contributed by atoms with van der Waals surface area (Å²) in [6.45, 7) is 3.64. The van der Waals surface area contributed by atoms with Crippen molar-refractivity contribution in [2.45, 2.75) is 19.9 Å². The van der Waals surface area contributed by atoms with Gasteiger partial charge in [-0.05, 0) is 36.2 Å². The molecule has 2 aromatic carbocycles. The van der Waals surface area contributed by atoms with E-state index >= 15 is 0 Å². The van der Waals surface area contributed by atoms with Crippen LogP contribution in [0.4, 0.5) is 0 Å². The molecule has 0 bridgehead atoms. The Morgan fingerprint density at radius 1 is 1.04 bits per heavy atom. The number of rotatable bonds is 6. The number of hydrogen-bond acceptors (Lipinski definition) is 3. The molecule has 0 aliphatic rings. The van der Waals surface area contributed by atoms with Gasteiger partial charge in [0.2, 0.25) is 0 Å². The van der Waals surface area contributed by atoms with Gasteiger partial charge < -0.3 is 5.32 Å². The number of benzene rings is 2. The highest BCUT2D eigenvalue weighted by Gasteiger charge is 2.24. The largest absolute Gasteiger partial charge is 0.340 e. The number of amides is 2. The standard InChI is InChI=1S/C19H18Cl3N3O2/c1-11(2)17(24-18(26)12-4-3-5-14(20)8-12)19(27)25-23-10-13-6-7-15(21)9-16(13)22/h3-11,17H,1-2H3,(H,24,26)(H,25,27). The van der Waals surface area contributed by atoms with E-state index in [4.69, 9.17) is 34.8 Å². The first-order chi connectivity index (χ1) is 12.8. The Labute approximate surface area is 172 Å². The molecule has 2 rings (SSSR count). The van der Waals surface area contributed by atoms with Crippen LogP contribution in [0.25, 0.3) is 0 Å². The van der Waals surface area contributed by atoms with Crippen LogP contribution in [0, 0.1) is 5.92 Å². The molecule has 2 aromatic rings. The summed E-state index contributed by atoms with van der Waals surface area (Å²) in [5.41, 5.74) is 3.40. The predicted molar refractivity (Wildman–Crippen MR) is 110 cm³/mol. The van der Waals surface area contributed by atoms with E-state index in [1.54, 1.807) is 36.4 Å². The van der Waals surface area contributed by atoms with E-state index in [1.165, 1.54) is 12.3 Å². The second-order valence-corrected chi connectivity index (χ2v) is 7.39. The van der Waals surface area contributed by atoms with E-state index in [9.17, 15) is 9.59 Å². The van der Waals surface area contributed by atoms with Crippen LogP contribution >= 0.6 is 34.8 Å². The Bertz CT molecular complexity index is 869. The van der Waals surface area contributed by atoms with Crippen molar-refractivity contribution < 1.29 is 9.59 Å². The molecule has 1 atom stereocenters. The highest BCUT2D eigenvalue weighted by Crippen LogP contribution is 2.19. The molecule has 5 nitrogen and oxygen atoms in total. The van der Waals surface area contributed by atoms with Crippen molar-refractivity contribution in [3.8, 4) is 0 Å². The summed E-state index contributed by atoms with van der Waals surface area (Å²) in [6.07, 6.45) is 1.41. The first-order valence-corrected chi connectivity index (χ1v) is 9.25. The number of halogens is 3. The molecule has 0 aliphatic heterocycles. The molecule has 1 unspecified atom stereocenters. The third-order valence-electron chi connectivity index (χ3n) is 3.66. The normalized spacial score (nSPS) is 12.2. The summed E-state index contributed by atoms with van der Waals surface area (Å²) in [5.74, 6) is -0.986. The van der Waals surface area contributed by atoms with Gasteiger partial charge in [0.1, 0.15) is 6.04 Å². The average molecular weight is 427 g/mol. The predicted octanol–water partition coefficient (Wildman–Crippen LogP) is 4.55. The van der Waals surface area contributed by atoms with E-state index in [1.807, 2.05) is 13.8 Å². The van der Waals surface area contributed by atoms with Crippen molar-refractivity contribution in [1.82, 2.24) is 10.7 Å². The molecule has 2 N–H and O–H groups in total. The molecular weight excluding hydrogens is 409 g/mol. The van der Waals surface area contributed by atoms with Gasteiger partial charge in [-0.25, -0.2) is 5.43 Å². The number of nitrogens with zero attached hydrogens (tertiary/aromatic N) is 1. The number of carbonyl (C=O) groups excluding carboxylic acids is 2. The maximum absolute atomic E-state index is 12.4. The summed E-state index contributed by atoms with van der Waals surface area (Å²) in [7, 11) is 0. The summed E-state index contributed by atoms with van der Waals surface area (Å²) in [4.78, 5) is 24.8. The Morgan fingerprint density at radius 2 is 1.74 bits per heavy atom. The van der Waals surface area contributed by atoms with Crippen LogP contribution in [0.3, 0.4) is 0 Å². The van der Waals surface area contributed by atoms with Crippen LogP contribution in [0.1, 0.15) is 29.8 Å². The Kier molecular flexibility index (Phi) is 7.66. The van der Waals surface area contributed by atoms with Gasteiger partial charge in [-0.15, -0.1) is 0 Å². The Hall–Kier alpha value is -2.08. The van der Waals surface area contributed by atoms with Gasteiger partial charge in [0.05, 0.1) is 11.2 Å². The first kappa shape index (κ1) is 21.2. The molecule has 0 spiro atoms. The van der Waals surface area contributed by atoms with E-state index < -0.39 is 17.9 Å². The number of hydrogen-bond donors (Lipinski definition) is 2. The van der Waals surface area contributed by atoms with Crippen LogP contribution in [-0.4, -0.2) is 24.1 Å². The highest BCUT2D eigenvalue weighted by molar-refractivity contribution is 6.36. The molecule has 0 heterocycles. The maximum Gasteiger partial charge on any atom is 0.262 e. The summed E-state index contributed by atoms with van der Waals surface area (Å²) in [5, 5.41) is 7.96. The van der Waals surface area contributed by atoms with E-state index in [0.717, 1.165) is 0 Å². The van der Waals surface area contributed by atoms with Crippen LogP contribution in [0.2, 0.25) is 15.1 Å². The lowest BCUT2D eigenvalue weighted by molar-refractivity contribution is -0.123. The van der Waals surface area contributed by atoms with Crippen molar-refractivity contribution in [3.63, 3.8) is 0 Å². The zero-order valence-electron chi connectivity index (χ0n) is 14.7. The minimum absolute atomic E-state index is 0.151. The lowest BCUT2D eigenvalue weighted by Crippen LogP contribution is -2.48. The lowest BCUT2D eigenvalue weighted by atomic mass is 10.0. The van der Waals surface area contributed by atoms with Gasteiger partial charge in [-0.1, -0.05) is 60.8 Å². The SMILES string of the molecule is CC(C)C(NC(=O)c1cccc(Cl)c1)C(=O)NN=Cc1ccc(Cl)cc1Cl. The van der Waals surface area contributed by atoms with Crippen LogP contribution in [0.5, 0.6) is 0 Å². The zero-order chi connectivity index (χ0) is 20.0. The molecule has 2 amide bonds. The van der Waals surface area contributed by atoms with Crippen molar-refractivity contribution in [3.05, 3.63) is 68.7 Å². The minimum Gasteiger partial charge on any atom is -0.340 e. The zero-order valence-corrected chi connectivity index (χ0v) is 16.9. The third-order valence-corrected chi connectivity index (χ3v) is 4.46. The maximum atomic E-state index is 12.4. The van der Waals surface area contributed by atoms with Crippen molar-refractivity contribution in [2.75, 3.05) is 0 Å². The lowest BCUT2D eigenvalue weighted by Gasteiger charge is -2.20. The van der Waals surface area contributed by atoms with Gasteiger partial charge in [-0.3, -0.25) is 9.59 Å². The molecule has 0 fully saturated rings. The molecule has 0 aromatic heterocycles. The summed E-state index contributed by atoms with van der Waals surface area (Å²) >= 11 is 17.8. The van der Waals surface area contributed by atoms with Gasteiger partial charge >= 0.3 is 0 Å². The van der Waals surface area contributed by atoms with Crippen molar-refractivity contribution in [2.24, 2.45) is 11.0 Å². The topological polar surface area (TPSA) is 70.6 Å². The van der Waals surface area contributed by atoms with Crippen LogP contribution < -0.4 is 10.7 Å². The van der Waals surface area contributed by atoms with Gasteiger partial charge in [0.25, 0.3) is 11.8 Å². The monoisotopic (exact) mass is 425 g/mol. The van der Waals surface area contributed by atoms with Crippen LogP contribution in [0.15, 0.2) is 47.6 Å². The summed E-state index contributed by atoms with van der Waals surface area (Å²) in [6, 6.07) is 10.6. The van der Waals surface area contributed by atoms with Gasteiger partial charge in [0, 0.05) is 21.2 Å². The summed E-state index contributed by atoms with van der Waals surface area (Å²) < 4.78 is 0. The molecule has 0 saturated heterocycles. The van der Waals surface area contributed by atoms with E-state index in [0.29, 0.717) is 26.2 Å². The smallest absolute Gasteiger partial charge is 0.262 e. The molecule has 0 aliphatic carbocycles. The molecule has 8 heteroatoms. The first-order valence-electron chi connectivity index (χ1n) is 8.12. The van der Waals surface area contributed by atoms with Crippen molar-refractivity contribution in [1.29, 1.82) is 0 Å². The van der Waals surface area contributed by atoms with Gasteiger partial charge in [0.15, 0.2) is 0 Å². The second-order valence-electron chi connectivity index (χ2n) is 6.11. The fourth-order valence-electron chi connectivity index (χ4n) is 2.23. The van der Waals surface area contributed by atoms with Gasteiger partial charge in [-0.2, -0.15) is 5.10 Å². The number of nitrogens with one attached hydrogen (secondary N) is 2. The average Bonchev–Trinajstić information content (AvgIpc) is 2.60. The fraction of sp³-hybridized carbons (Fsp3) is 0.211. The van der Waals surface area contributed by atoms with Crippen molar-refractivity contribution >= 4 is 52.8 Å². The quantitative estimate of drug-likeness (QED) is 0.525. The second kappa shape index (κ2) is 9.74.